The van der Waals surface area contributed by atoms with E-state index in [9.17, 15) is 9.90 Å². The number of rotatable bonds is 5. The number of nitrogens with one attached hydrogen (secondary N) is 1. The smallest absolute Gasteiger partial charge is 0.255 e. The summed E-state index contributed by atoms with van der Waals surface area (Å²) in [5, 5.41) is 14.1. The van der Waals surface area contributed by atoms with E-state index >= 15 is 0 Å². The van der Waals surface area contributed by atoms with Crippen LogP contribution in [0.5, 0.6) is 0 Å². The fraction of sp³-hybridized carbons (Fsp3) is 0.538. The van der Waals surface area contributed by atoms with Crippen LogP contribution in [0.3, 0.4) is 0 Å². The summed E-state index contributed by atoms with van der Waals surface area (Å²) in [7, 11) is 0. The lowest BCUT2D eigenvalue weighted by molar-refractivity contribution is -0.0542. The fourth-order valence-corrected chi connectivity index (χ4v) is 6.18. The van der Waals surface area contributed by atoms with Crippen molar-refractivity contribution in [3.05, 3.63) is 53.2 Å². The third-order valence-electron chi connectivity index (χ3n) is 7.78. The van der Waals surface area contributed by atoms with Gasteiger partial charge in [-0.05, 0) is 98.1 Å². The van der Waals surface area contributed by atoms with Crippen molar-refractivity contribution in [1.82, 2.24) is 4.98 Å². The number of aryl methyl sites for hydroxylation is 1. The van der Waals surface area contributed by atoms with Gasteiger partial charge in [0.1, 0.15) is 5.82 Å². The first kappa shape index (κ1) is 21.8. The lowest BCUT2D eigenvalue weighted by Gasteiger charge is -2.50. The number of carbonyl (C=O) groups is 1. The Bertz CT molecular complexity index is 959. The first-order valence-corrected chi connectivity index (χ1v) is 11.8. The molecule has 1 fully saturated rings. The number of aliphatic hydroxyl groups is 1. The molecule has 2 aliphatic rings. The van der Waals surface area contributed by atoms with Crippen molar-refractivity contribution >= 4 is 17.4 Å². The Labute approximate surface area is 185 Å². The Balaban J connectivity index is 1.63. The van der Waals surface area contributed by atoms with Crippen LogP contribution in [0.1, 0.15) is 86.7 Å². The minimum absolute atomic E-state index is 0.106. The monoisotopic (exact) mass is 421 g/mol. The molecule has 1 aromatic heterocycles. The van der Waals surface area contributed by atoms with Gasteiger partial charge < -0.3 is 16.2 Å². The first-order chi connectivity index (χ1) is 14.9. The third-order valence-corrected chi connectivity index (χ3v) is 7.78. The second kappa shape index (κ2) is 8.62. The molecule has 2 aliphatic carbocycles. The van der Waals surface area contributed by atoms with Crippen LogP contribution in [0.4, 0.5) is 11.5 Å². The van der Waals surface area contributed by atoms with Crippen LogP contribution in [-0.2, 0) is 11.8 Å². The number of amides is 1. The van der Waals surface area contributed by atoms with Crippen molar-refractivity contribution in [2.45, 2.75) is 82.7 Å². The highest BCUT2D eigenvalue weighted by molar-refractivity contribution is 6.05. The number of fused-ring (bicyclic) bond motifs is 3. The Morgan fingerprint density at radius 2 is 2.13 bits per heavy atom. The number of nitrogen functional groups attached to an aromatic ring is 1. The van der Waals surface area contributed by atoms with Crippen LogP contribution < -0.4 is 11.1 Å². The van der Waals surface area contributed by atoms with Gasteiger partial charge in [-0.15, -0.1) is 0 Å². The summed E-state index contributed by atoms with van der Waals surface area (Å²) in [6.07, 6.45) is 10.6. The lowest BCUT2D eigenvalue weighted by atomic mass is 9.56. The molecule has 4 N–H and O–H groups in total. The quantitative estimate of drug-likeness (QED) is 0.617. The summed E-state index contributed by atoms with van der Waals surface area (Å²) in [6.45, 7) is 4.45. The molecule has 0 radical (unpaired) electrons. The highest BCUT2D eigenvalue weighted by atomic mass is 16.3. The highest BCUT2D eigenvalue weighted by Gasteiger charge is 2.49. The molecule has 0 aliphatic heterocycles. The summed E-state index contributed by atoms with van der Waals surface area (Å²) in [5.41, 5.74) is 9.36. The molecule has 0 saturated heterocycles. The highest BCUT2D eigenvalue weighted by Crippen LogP contribution is 2.54. The molecule has 2 aromatic rings. The van der Waals surface area contributed by atoms with Crippen LogP contribution in [0, 0.1) is 5.92 Å². The number of anilines is 2. The van der Waals surface area contributed by atoms with Crippen LogP contribution in [0.2, 0.25) is 0 Å². The minimum atomic E-state index is -0.508. The molecule has 1 saturated carbocycles. The molecule has 5 nitrogen and oxygen atoms in total. The number of aromatic nitrogens is 1. The summed E-state index contributed by atoms with van der Waals surface area (Å²) < 4.78 is 0. The molecule has 3 atom stereocenters. The van der Waals surface area contributed by atoms with E-state index in [1.54, 1.807) is 18.3 Å². The third kappa shape index (κ3) is 4.08. The van der Waals surface area contributed by atoms with Crippen molar-refractivity contribution in [2.75, 3.05) is 11.1 Å². The van der Waals surface area contributed by atoms with E-state index in [0.717, 1.165) is 57.8 Å². The molecule has 3 unspecified atom stereocenters. The van der Waals surface area contributed by atoms with Gasteiger partial charge in [-0.2, -0.15) is 0 Å². The number of carbonyl (C=O) groups excluding carboxylic acids is 1. The van der Waals surface area contributed by atoms with E-state index in [0.29, 0.717) is 23.0 Å². The molecule has 1 aromatic carbocycles. The predicted octanol–water partition coefficient (Wildman–Crippen LogP) is 5.23. The second-order valence-electron chi connectivity index (χ2n) is 9.54. The number of hydrogen-bond acceptors (Lipinski definition) is 4. The molecular weight excluding hydrogens is 386 g/mol. The summed E-state index contributed by atoms with van der Waals surface area (Å²) in [4.78, 5) is 16.9. The Hall–Kier alpha value is -2.40. The van der Waals surface area contributed by atoms with E-state index in [1.165, 1.54) is 11.1 Å². The van der Waals surface area contributed by atoms with Gasteiger partial charge in [-0.1, -0.05) is 26.3 Å². The topological polar surface area (TPSA) is 88.2 Å². The molecule has 0 bridgehead atoms. The maximum atomic E-state index is 12.9. The van der Waals surface area contributed by atoms with E-state index in [-0.39, 0.29) is 11.3 Å². The zero-order valence-corrected chi connectivity index (χ0v) is 18.8. The number of benzene rings is 1. The van der Waals surface area contributed by atoms with Crippen LogP contribution in [0.15, 0.2) is 36.5 Å². The largest absolute Gasteiger partial charge is 0.390 e. The van der Waals surface area contributed by atoms with Gasteiger partial charge in [0, 0.05) is 11.8 Å². The van der Waals surface area contributed by atoms with Crippen molar-refractivity contribution in [3.8, 4) is 0 Å². The minimum Gasteiger partial charge on any atom is -0.390 e. The average Bonchev–Trinajstić information content (AvgIpc) is 2.91. The zero-order chi connectivity index (χ0) is 22.1. The molecule has 166 valence electrons. The van der Waals surface area contributed by atoms with Gasteiger partial charge in [-0.25, -0.2) is 4.98 Å². The van der Waals surface area contributed by atoms with Crippen LogP contribution in [-0.4, -0.2) is 21.6 Å². The maximum absolute atomic E-state index is 12.9. The fourth-order valence-electron chi connectivity index (χ4n) is 6.18. The SMILES string of the molecule is CCCC1(O)CCC2(CC)c3ccc(C(=O)Nc4cccnc4N)cc3CCCC2C1. The lowest BCUT2D eigenvalue weighted by Crippen LogP contribution is -2.47. The second-order valence-corrected chi connectivity index (χ2v) is 9.54. The van der Waals surface area contributed by atoms with Crippen molar-refractivity contribution in [1.29, 1.82) is 0 Å². The predicted molar refractivity (Wildman–Crippen MR) is 125 cm³/mol. The molecule has 4 rings (SSSR count). The normalized spacial score (nSPS) is 27.6. The molecule has 1 heterocycles. The number of pyridine rings is 1. The Morgan fingerprint density at radius 1 is 1.29 bits per heavy atom. The number of nitrogens with two attached hydrogens (primary N) is 1. The van der Waals surface area contributed by atoms with Crippen molar-refractivity contribution in [3.63, 3.8) is 0 Å². The average molecular weight is 422 g/mol. The van der Waals surface area contributed by atoms with Gasteiger partial charge in [0.25, 0.3) is 5.91 Å². The molecule has 1 amide bonds. The van der Waals surface area contributed by atoms with Gasteiger partial charge in [0.2, 0.25) is 0 Å². The van der Waals surface area contributed by atoms with Gasteiger partial charge in [0.15, 0.2) is 0 Å². The summed E-state index contributed by atoms with van der Waals surface area (Å²) >= 11 is 0. The number of nitrogens with zero attached hydrogens (tertiary/aromatic N) is 1. The standard InChI is InChI=1S/C26H35N3O2/c1-3-12-25(31)13-14-26(4-2)20(17-25)8-5-7-18-16-19(10-11-21(18)26)24(30)29-22-9-6-15-28-23(22)27/h6,9-11,15-16,20,31H,3-5,7-8,12-14,17H2,1-2H3,(H2,27,28)(H,29,30). The van der Waals surface area contributed by atoms with E-state index < -0.39 is 5.60 Å². The van der Waals surface area contributed by atoms with Crippen LogP contribution in [0.25, 0.3) is 0 Å². The molecule has 5 heteroatoms. The zero-order valence-electron chi connectivity index (χ0n) is 18.8. The van der Waals surface area contributed by atoms with Gasteiger partial charge in [0.05, 0.1) is 11.3 Å². The summed E-state index contributed by atoms with van der Waals surface area (Å²) in [5.74, 6) is 0.661. The maximum Gasteiger partial charge on any atom is 0.255 e. The van der Waals surface area contributed by atoms with Crippen LogP contribution >= 0.6 is 0 Å². The van der Waals surface area contributed by atoms with Gasteiger partial charge in [-0.3, -0.25) is 4.79 Å². The van der Waals surface area contributed by atoms with E-state index in [2.05, 4.69) is 36.3 Å². The molecular formula is C26H35N3O2. The van der Waals surface area contributed by atoms with E-state index in [4.69, 9.17) is 5.73 Å². The summed E-state index contributed by atoms with van der Waals surface area (Å²) in [6, 6.07) is 9.73. The number of hydrogen-bond donors (Lipinski definition) is 3. The van der Waals surface area contributed by atoms with E-state index in [1.807, 2.05) is 6.07 Å². The Morgan fingerprint density at radius 3 is 2.87 bits per heavy atom. The molecule has 0 spiro atoms. The van der Waals surface area contributed by atoms with Crippen molar-refractivity contribution < 1.29 is 9.90 Å². The Kier molecular flexibility index (Phi) is 6.07. The van der Waals surface area contributed by atoms with Crippen molar-refractivity contribution in [2.24, 2.45) is 5.92 Å². The molecule has 31 heavy (non-hydrogen) atoms. The first-order valence-electron chi connectivity index (χ1n) is 11.8. The van der Waals surface area contributed by atoms with Gasteiger partial charge >= 0.3 is 0 Å².